The predicted octanol–water partition coefficient (Wildman–Crippen LogP) is 12.2. The average Bonchev–Trinajstić information content (AvgIpc) is 3.68. The number of furan rings is 1. The third kappa shape index (κ3) is 4.75. The summed E-state index contributed by atoms with van der Waals surface area (Å²) in [5, 5.41) is 5.34. The summed E-state index contributed by atoms with van der Waals surface area (Å²) in [6.07, 6.45) is 9.96. The highest BCUT2D eigenvalue weighted by Gasteiger charge is 2.35. The van der Waals surface area contributed by atoms with Gasteiger partial charge in [0, 0.05) is 49.1 Å². The van der Waals surface area contributed by atoms with E-state index in [1.165, 1.54) is 99.1 Å². The number of nitrogens with zero attached hydrogens (tertiary/aromatic N) is 1. The van der Waals surface area contributed by atoms with Crippen LogP contribution in [0.3, 0.4) is 0 Å². The molecule has 2 aliphatic rings. The van der Waals surface area contributed by atoms with E-state index in [1.54, 1.807) is 0 Å². The highest BCUT2D eigenvalue weighted by atomic mass is 32.1. The first kappa shape index (κ1) is 27.2. The number of hydrogen-bond acceptors (Lipinski definition) is 3. The Hall–Kier alpha value is -4.08. The summed E-state index contributed by atoms with van der Waals surface area (Å²) in [5.41, 5.74) is 6.45. The van der Waals surface area contributed by atoms with E-state index in [1.807, 2.05) is 11.3 Å². The fourth-order valence-electron chi connectivity index (χ4n) is 8.79. The number of thiophene rings is 1. The third-order valence-corrected chi connectivity index (χ3v) is 12.2. The smallest absolute Gasteiger partial charge is 0.138 e. The van der Waals surface area contributed by atoms with Crippen molar-refractivity contribution in [3.05, 3.63) is 126 Å². The van der Waals surface area contributed by atoms with Crippen molar-refractivity contribution >= 4 is 59.1 Å². The molecule has 0 amide bonds. The number of para-hydroxylation sites is 1. The zero-order valence-corrected chi connectivity index (χ0v) is 26.5. The van der Waals surface area contributed by atoms with Crippen LogP contribution in [0.5, 0.6) is 0 Å². The predicted molar refractivity (Wildman–Crippen MR) is 192 cm³/mol. The quantitative estimate of drug-likeness (QED) is 0.194. The van der Waals surface area contributed by atoms with Crippen molar-refractivity contribution in [3.8, 4) is 0 Å². The monoisotopic (exact) mass is 605 g/mol. The summed E-state index contributed by atoms with van der Waals surface area (Å²) < 4.78 is 9.40. The van der Waals surface area contributed by atoms with Crippen LogP contribution >= 0.6 is 11.3 Å². The van der Waals surface area contributed by atoms with Crippen LogP contribution in [0, 0.1) is 0 Å². The first-order valence-corrected chi connectivity index (χ1v) is 17.8. The lowest BCUT2D eigenvalue weighted by molar-refractivity contribution is 0.311. The van der Waals surface area contributed by atoms with Gasteiger partial charge in [0.2, 0.25) is 0 Å². The van der Waals surface area contributed by atoms with Gasteiger partial charge in [0.1, 0.15) is 11.2 Å². The van der Waals surface area contributed by atoms with Gasteiger partial charge in [0.05, 0.1) is 5.69 Å². The average molecular weight is 606 g/mol. The normalized spacial score (nSPS) is 22.4. The third-order valence-electron chi connectivity index (χ3n) is 11.0. The molecule has 9 rings (SSSR count). The van der Waals surface area contributed by atoms with Crippen LogP contribution in [-0.4, -0.2) is 12.1 Å². The second kappa shape index (κ2) is 11.4. The molecule has 2 aromatic heterocycles. The lowest BCUT2D eigenvalue weighted by Crippen LogP contribution is -2.46. The second-order valence-electron chi connectivity index (χ2n) is 13.4. The van der Waals surface area contributed by atoms with E-state index < -0.39 is 0 Å². The minimum atomic E-state index is 0.534. The fourth-order valence-corrected chi connectivity index (χ4v) is 10.1. The lowest BCUT2D eigenvalue weighted by Gasteiger charge is -2.46. The van der Waals surface area contributed by atoms with Gasteiger partial charge in [-0.15, -0.1) is 11.3 Å². The molecule has 3 heteroatoms. The van der Waals surface area contributed by atoms with Gasteiger partial charge in [-0.1, -0.05) is 97.1 Å². The van der Waals surface area contributed by atoms with Crippen LogP contribution in [0.4, 0.5) is 5.69 Å². The van der Waals surface area contributed by atoms with Gasteiger partial charge in [0.25, 0.3) is 0 Å². The van der Waals surface area contributed by atoms with Gasteiger partial charge in [-0.3, -0.25) is 0 Å². The summed E-state index contributed by atoms with van der Waals surface area (Å²) in [7, 11) is 0. The summed E-state index contributed by atoms with van der Waals surface area (Å²) >= 11 is 1.94. The molecule has 2 aliphatic carbocycles. The minimum absolute atomic E-state index is 0.534. The Morgan fingerprint density at radius 2 is 1.04 bits per heavy atom. The largest absolute Gasteiger partial charge is 0.456 e. The Morgan fingerprint density at radius 1 is 0.511 bits per heavy atom. The number of fused-ring (bicyclic) bond motifs is 7. The molecular weight excluding hydrogens is 567 g/mol. The Balaban J connectivity index is 1.17. The van der Waals surface area contributed by atoms with Gasteiger partial charge in [-0.05, 0) is 86.5 Å². The van der Waals surface area contributed by atoms with Crippen LogP contribution in [0.25, 0.3) is 42.1 Å². The highest BCUT2D eigenvalue weighted by molar-refractivity contribution is 7.27. The topological polar surface area (TPSA) is 16.4 Å². The van der Waals surface area contributed by atoms with Gasteiger partial charge in [-0.2, -0.15) is 0 Å². The van der Waals surface area contributed by atoms with Gasteiger partial charge in [0.15, 0.2) is 0 Å². The van der Waals surface area contributed by atoms with Crippen molar-refractivity contribution in [3.63, 3.8) is 0 Å². The van der Waals surface area contributed by atoms with Crippen molar-refractivity contribution in [1.29, 1.82) is 0 Å². The number of benzene rings is 5. The molecule has 0 unspecified atom stereocenters. The zero-order chi connectivity index (χ0) is 29.7. The summed E-state index contributed by atoms with van der Waals surface area (Å²) in [5.74, 6) is 1.33. The molecule has 2 saturated carbocycles. The summed E-state index contributed by atoms with van der Waals surface area (Å²) in [4.78, 5) is 2.93. The Kier molecular flexibility index (Phi) is 6.89. The zero-order valence-electron chi connectivity index (χ0n) is 25.7. The van der Waals surface area contributed by atoms with Gasteiger partial charge in [-0.25, -0.2) is 0 Å². The molecule has 0 N–H and O–H groups in total. The van der Waals surface area contributed by atoms with Crippen LogP contribution in [0.2, 0.25) is 0 Å². The first-order chi connectivity index (χ1) is 22.3. The van der Waals surface area contributed by atoms with Crippen LogP contribution in [-0.2, 0) is 0 Å². The highest BCUT2D eigenvalue weighted by Crippen LogP contribution is 2.50. The first-order valence-electron chi connectivity index (χ1n) is 17.0. The minimum Gasteiger partial charge on any atom is -0.456 e. The van der Waals surface area contributed by atoms with E-state index in [2.05, 4.69) is 120 Å². The molecule has 0 saturated heterocycles. The molecule has 7 aromatic rings. The second-order valence-corrected chi connectivity index (χ2v) is 14.5. The van der Waals surface area contributed by atoms with Crippen LogP contribution < -0.4 is 4.90 Å². The van der Waals surface area contributed by atoms with Gasteiger partial charge >= 0.3 is 0 Å². The number of rotatable bonds is 5. The van der Waals surface area contributed by atoms with Crippen LogP contribution in [0.15, 0.2) is 120 Å². The van der Waals surface area contributed by atoms with Crippen LogP contribution in [0.1, 0.15) is 74.3 Å². The van der Waals surface area contributed by atoms with Crippen molar-refractivity contribution in [2.75, 3.05) is 4.90 Å². The van der Waals surface area contributed by atoms with Crippen molar-refractivity contribution in [2.45, 2.75) is 75.3 Å². The van der Waals surface area contributed by atoms with Gasteiger partial charge < -0.3 is 9.32 Å². The molecule has 2 fully saturated rings. The van der Waals surface area contributed by atoms with Crippen molar-refractivity contribution < 1.29 is 4.42 Å². The molecule has 0 atom stereocenters. The Morgan fingerprint density at radius 3 is 1.67 bits per heavy atom. The fraction of sp³-hybridized carbons (Fsp3) is 0.286. The van der Waals surface area contributed by atoms with E-state index in [4.69, 9.17) is 4.42 Å². The number of anilines is 1. The molecule has 0 aliphatic heterocycles. The molecule has 224 valence electrons. The molecule has 45 heavy (non-hydrogen) atoms. The standard InChI is InChI=1S/C42H39NOS/c1-3-11-28(12-4-1)30-19-23-32(24-20-30)43(33-25-21-31(22-26-33)29-13-5-2-6-14-29)36-27-38-41(34-15-7-9-17-37(34)44-38)42-40(36)35-16-8-10-18-39(35)45-42/h1-18,27,30-33H,19-26H2. The summed E-state index contributed by atoms with van der Waals surface area (Å²) in [6.45, 7) is 0. The van der Waals surface area contributed by atoms with E-state index in [9.17, 15) is 0 Å². The molecule has 5 aromatic carbocycles. The molecule has 0 bridgehead atoms. The number of hydrogen-bond donors (Lipinski definition) is 0. The maximum absolute atomic E-state index is 6.65. The summed E-state index contributed by atoms with van der Waals surface area (Å²) in [6, 6.07) is 43.6. The van der Waals surface area contributed by atoms with E-state index in [0.717, 1.165) is 11.2 Å². The molecule has 2 nitrogen and oxygen atoms in total. The van der Waals surface area contributed by atoms with Crippen molar-refractivity contribution in [2.24, 2.45) is 0 Å². The maximum Gasteiger partial charge on any atom is 0.138 e. The Labute approximate surface area is 269 Å². The molecule has 0 radical (unpaired) electrons. The maximum atomic E-state index is 6.65. The van der Waals surface area contributed by atoms with E-state index in [-0.39, 0.29) is 0 Å². The lowest BCUT2D eigenvalue weighted by atomic mass is 9.78. The van der Waals surface area contributed by atoms with E-state index >= 15 is 0 Å². The molecule has 2 heterocycles. The molecule has 0 spiro atoms. The molecular formula is C42H39NOS. The Bertz CT molecular complexity index is 2030. The van der Waals surface area contributed by atoms with Crippen molar-refractivity contribution in [1.82, 2.24) is 0 Å². The SMILES string of the molecule is c1ccc(C2CCC(N(c3cc4oc5ccccc5c4c4sc5ccccc5c34)C3CCC(c4ccccc4)CC3)CC2)cc1. The van der Waals surface area contributed by atoms with E-state index in [0.29, 0.717) is 23.9 Å².